The lowest BCUT2D eigenvalue weighted by atomic mass is 10.1. The number of nitrogens with one attached hydrogen (secondary N) is 2. The van der Waals surface area contributed by atoms with E-state index in [-0.39, 0.29) is 22.4 Å². The minimum atomic E-state index is -0.685. The lowest BCUT2D eigenvalue weighted by molar-refractivity contribution is 0.0957. The zero-order valence-electron chi connectivity index (χ0n) is 17.8. The van der Waals surface area contributed by atoms with Crippen LogP contribution in [0.1, 0.15) is 16.1 Å². The van der Waals surface area contributed by atoms with Crippen molar-refractivity contribution in [3.8, 4) is 0 Å². The first-order valence-corrected chi connectivity index (χ1v) is 10.5. The van der Waals surface area contributed by atoms with Gasteiger partial charge < -0.3 is 15.2 Å². The molecule has 0 radical (unpaired) electrons. The number of piperazine rings is 1. The number of carbonyl (C=O) groups is 1. The molecule has 0 unspecified atom stereocenters. The second-order valence-corrected chi connectivity index (χ2v) is 7.90. The largest absolute Gasteiger partial charge is 0.365 e. The molecule has 1 fully saturated rings. The number of halogens is 2. The van der Waals surface area contributed by atoms with Gasteiger partial charge in [-0.25, -0.2) is 19.2 Å². The summed E-state index contributed by atoms with van der Waals surface area (Å²) in [5, 5.41) is 2.70. The highest BCUT2D eigenvalue weighted by molar-refractivity contribution is 5.92. The molecule has 33 heavy (non-hydrogen) atoms. The maximum absolute atomic E-state index is 14.9. The monoisotopic (exact) mass is 453 g/mol. The predicted molar refractivity (Wildman–Crippen MR) is 118 cm³/mol. The van der Waals surface area contributed by atoms with Crippen LogP contribution in [-0.2, 0) is 6.54 Å². The number of imidazole rings is 1. The molecule has 1 amide bonds. The van der Waals surface area contributed by atoms with Gasteiger partial charge in [0, 0.05) is 52.2 Å². The summed E-state index contributed by atoms with van der Waals surface area (Å²) >= 11 is 0. The Balaban J connectivity index is 1.31. The summed E-state index contributed by atoms with van der Waals surface area (Å²) in [7, 11) is 1.46. The summed E-state index contributed by atoms with van der Waals surface area (Å²) < 4.78 is 30.6. The van der Waals surface area contributed by atoms with E-state index in [1.807, 2.05) is 4.90 Å². The molecule has 0 aliphatic carbocycles. The molecule has 2 N–H and O–H groups in total. The first-order valence-electron chi connectivity index (χ1n) is 10.5. The fourth-order valence-corrected chi connectivity index (χ4v) is 4.23. The number of fused-ring (bicyclic) bond motifs is 3. The molecule has 1 aliphatic heterocycles. The van der Waals surface area contributed by atoms with Crippen molar-refractivity contribution in [2.45, 2.75) is 6.54 Å². The topological polar surface area (TPSA) is 98.6 Å². The van der Waals surface area contributed by atoms with Crippen molar-refractivity contribution in [2.75, 3.05) is 38.1 Å². The van der Waals surface area contributed by atoms with Gasteiger partial charge in [0.2, 0.25) is 5.95 Å². The van der Waals surface area contributed by atoms with E-state index in [1.54, 1.807) is 12.1 Å². The van der Waals surface area contributed by atoms with Crippen LogP contribution in [-0.4, -0.2) is 63.4 Å². The summed E-state index contributed by atoms with van der Waals surface area (Å²) in [6.45, 7) is 2.86. The summed E-state index contributed by atoms with van der Waals surface area (Å²) in [6.07, 6.45) is 2.95. The quantitative estimate of drug-likeness (QED) is 0.455. The highest BCUT2D eigenvalue weighted by atomic mass is 19.1. The van der Waals surface area contributed by atoms with Crippen LogP contribution < -0.4 is 15.9 Å². The van der Waals surface area contributed by atoms with E-state index in [2.05, 4.69) is 25.2 Å². The third kappa shape index (κ3) is 3.80. The van der Waals surface area contributed by atoms with Crippen molar-refractivity contribution < 1.29 is 13.6 Å². The molecule has 1 aliphatic rings. The molecule has 5 rings (SSSR count). The van der Waals surface area contributed by atoms with Crippen LogP contribution in [0.3, 0.4) is 0 Å². The number of H-pyrrole nitrogens is 1. The molecule has 1 aromatic carbocycles. The van der Waals surface area contributed by atoms with Crippen LogP contribution in [0.25, 0.3) is 16.6 Å². The Hall–Kier alpha value is -3.86. The molecule has 170 valence electrons. The number of nitrogens with zero attached hydrogens (tertiary/aromatic N) is 5. The number of aromatic nitrogens is 4. The molecule has 4 heterocycles. The zero-order chi connectivity index (χ0) is 23.1. The zero-order valence-corrected chi connectivity index (χ0v) is 17.8. The van der Waals surface area contributed by atoms with E-state index in [4.69, 9.17) is 0 Å². The second-order valence-electron chi connectivity index (χ2n) is 7.90. The van der Waals surface area contributed by atoms with Gasteiger partial charge in [0.1, 0.15) is 11.5 Å². The van der Waals surface area contributed by atoms with Crippen LogP contribution in [0.2, 0.25) is 0 Å². The van der Waals surface area contributed by atoms with Crippen LogP contribution in [0.5, 0.6) is 0 Å². The number of aromatic amines is 1. The summed E-state index contributed by atoms with van der Waals surface area (Å²) in [5.74, 6) is -1.57. The minimum Gasteiger partial charge on any atom is -0.365 e. The van der Waals surface area contributed by atoms with Gasteiger partial charge in [0.25, 0.3) is 5.91 Å². The highest BCUT2D eigenvalue weighted by Gasteiger charge is 2.22. The Morgan fingerprint density at radius 1 is 1.18 bits per heavy atom. The third-order valence-corrected chi connectivity index (χ3v) is 5.88. The SMILES string of the molecule is CNC(=O)c1ccc(N2CCN(Cc3cc(F)c4c(c3)[nH]c(=O)n3ccnc43)CC2)c(F)n1. The van der Waals surface area contributed by atoms with E-state index in [9.17, 15) is 18.4 Å². The van der Waals surface area contributed by atoms with Gasteiger partial charge in [-0.05, 0) is 29.8 Å². The Morgan fingerprint density at radius 3 is 2.70 bits per heavy atom. The van der Waals surface area contributed by atoms with E-state index >= 15 is 0 Å². The first kappa shape index (κ1) is 21.0. The summed E-state index contributed by atoms with van der Waals surface area (Å²) in [4.78, 5) is 38.4. The van der Waals surface area contributed by atoms with Gasteiger partial charge >= 0.3 is 5.69 Å². The normalized spacial score (nSPS) is 14.8. The third-order valence-electron chi connectivity index (χ3n) is 5.88. The lowest BCUT2D eigenvalue weighted by Crippen LogP contribution is -2.46. The lowest BCUT2D eigenvalue weighted by Gasteiger charge is -2.36. The number of hydrogen-bond acceptors (Lipinski definition) is 6. The summed E-state index contributed by atoms with van der Waals surface area (Å²) in [5.41, 5.74) is 1.41. The summed E-state index contributed by atoms with van der Waals surface area (Å²) in [6, 6.07) is 6.29. The number of amides is 1. The second kappa shape index (κ2) is 8.24. The van der Waals surface area contributed by atoms with Crippen LogP contribution in [0, 0.1) is 11.8 Å². The number of benzene rings is 1. The number of pyridine rings is 1. The first-order chi connectivity index (χ1) is 15.9. The van der Waals surface area contributed by atoms with Crippen molar-refractivity contribution in [2.24, 2.45) is 0 Å². The molecule has 1 saturated heterocycles. The molecule has 4 aromatic rings. The van der Waals surface area contributed by atoms with Crippen molar-refractivity contribution in [1.29, 1.82) is 0 Å². The Kier molecular flexibility index (Phi) is 5.25. The van der Waals surface area contributed by atoms with Crippen LogP contribution in [0.15, 0.2) is 41.5 Å². The molecular weight excluding hydrogens is 432 g/mol. The Bertz CT molecular complexity index is 1420. The maximum atomic E-state index is 14.9. The molecule has 11 heteroatoms. The van der Waals surface area contributed by atoms with E-state index in [0.717, 1.165) is 5.56 Å². The number of carbonyl (C=O) groups excluding carboxylic acids is 1. The minimum absolute atomic E-state index is 0.0291. The van der Waals surface area contributed by atoms with E-state index in [0.29, 0.717) is 43.9 Å². The van der Waals surface area contributed by atoms with Gasteiger partial charge in [0.05, 0.1) is 16.6 Å². The van der Waals surface area contributed by atoms with Crippen molar-refractivity contribution in [3.05, 3.63) is 70.2 Å². The molecule has 9 nitrogen and oxygen atoms in total. The fraction of sp³-hybridized carbons (Fsp3) is 0.273. The maximum Gasteiger partial charge on any atom is 0.331 e. The highest BCUT2D eigenvalue weighted by Crippen LogP contribution is 2.24. The van der Waals surface area contributed by atoms with E-state index in [1.165, 1.54) is 36.0 Å². The number of anilines is 1. The Morgan fingerprint density at radius 2 is 1.97 bits per heavy atom. The van der Waals surface area contributed by atoms with Crippen LogP contribution >= 0.6 is 0 Å². The van der Waals surface area contributed by atoms with Crippen molar-refractivity contribution in [1.82, 2.24) is 29.6 Å². The smallest absolute Gasteiger partial charge is 0.331 e. The number of rotatable bonds is 4. The van der Waals surface area contributed by atoms with Crippen LogP contribution in [0.4, 0.5) is 14.5 Å². The number of hydrogen-bond donors (Lipinski definition) is 2. The Labute approximate surface area is 186 Å². The molecule has 0 bridgehead atoms. The van der Waals surface area contributed by atoms with Gasteiger partial charge in [-0.15, -0.1) is 0 Å². The molecule has 0 spiro atoms. The van der Waals surface area contributed by atoms with Crippen molar-refractivity contribution in [3.63, 3.8) is 0 Å². The van der Waals surface area contributed by atoms with Gasteiger partial charge in [-0.2, -0.15) is 4.39 Å². The van der Waals surface area contributed by atoms with Gasteiger partial charge in [0.15, 0.2) is 5.65 Å². The fourth-order valence-electron chi connectivity index (χ4n) is 4.23. The van der Waals surface area contributed by atoms with E-state index < -0.39 is 17.7 Å². The average Bonchev–Trinajstić information content (AvgIpc) is 3.29. The van der Waals surface area contributed by atoms with Gasteiger partial charge in [-0.3, -0.25) is 14.1 Å². The average molecular weight is 453 g/mol. The predicted octanol–water partition coefficient (Wildman–Crippen LogP) is 1.53. The molecule has 3 aromatic heterocycles. The molecular formula is C22H21F2N7O2. The van der Waals surface area contributed by atoms with Gasteiger partial charge in [-0.1, -0.05) is 0 Å². The standard InChI is InChI=1S/C22H21F2N7O2/c1-25-21(32)15-2-3-17(19(24)27-15)30-8-6-29(7-9-30)12-13-10-14(23)18-16(11-13)28-22(33)31-5-4-26-20(18)31/h2-5,10-11H,6-9,12H2,1H3,(H,25,32)(H,28,33). The molecule has 0 atom stereocenters. The van der Waals surface area contributed by atoms with Crippen molar-refractivity contribution >= 4 is 28.1 Å². The molecule has 0 saturated carbocycles.